The van der Waals surface area contributed by atoms with Gasteiger partial charge in [0.1, 0.15) is 18.5 Å². The zero-order valence-electron chi connectivity index (χ0n) is 18.8. The summed E-state index contributed by atoms with van der Waals surface area (Å²) < 4.78 is 5.95. The lowest BCUT2D eigenvalue weighted by molar-refractivity contribution is 0.0975. The van der Waals surface area contributed by atoms with Crippen molar-refractivity contribution in [2.24, 2.45) is 0 Å². The summed E-state index contributed by atoms with van der Waals surface area (Å²) in [4.78, 5) is 15.5. The molecule has 0 aromatic heterocycles. The molecule has 1 amide bonds. The molecule has 1 aliphatic heterocycles. The van der Waals surface area contributed by atoms with Gasteiger partial charge in [-0.15, -0.1) is 0 Å². The Morgan fingerprint density at radius 3 is 2.21 bits per heavy atom. The number of amides is 1. The molecule has 0 fully saturated rings. The molecule has 4 nitrogen and oxygen atoms in total. The summed E-state index contributed by atoms with van der Waals surface area (Å²) in [6.07, 6.45) is -0.322. The molecule has 0 bridgehead atoms. The molecule has 0 saturated heterocycles. The van der Waals surface area contributed by atoms with Gasteiger partial charge in [0.15, 0.2) is 0 Å². The predicted molar refractivity (Wildman–Crippen MR) is 133 cm³/mol. The van der Waals surface area contributed by atoms with E-state index in [2.05, 4.69) is 37.4 Å². The van der Waals surface area contributed by atoms with Gasteiger partial charge >= 0.3 is 0 Å². The number of benzene rings is 4. The standard InChI is InChI=1S/C29H26N2O2/c1-20-16-21(2)18-24(17-20)31-28(30-27-11-7-6-10-26(27)29(31)32)23-12-14-25(15-13-23)33-19-22-8-4-3-5-9-22/h3-18,28,30H,19H2,1-2H3/t28-/m1/s1. The third-order valence-electron chi connectivity index (χ3n) is 5.86. The van der Waals surface area contributed by atoms with Gasteiger partial charge in [-0.1, -0.05) is 60.7 Å². The van der Waals surface area contributed by atoms with Gasteiger partial charge < -0.3 is 10.1 Å². The van der Waals surface area contributed by atoms with Crippen LogP contribution in [-0.2, 0) is 6.61 Å². The summed E-state index contributed by atoms with van der Waals surface area (Å²) in [6, 6.07) is 32.0. The number of anilines is 2. The van der Waals surface area contributed by atoms with Gasteiger partial charge in [-0.3, -0.25) is 9.69 Å². The van der Waals surface area contributed by atoms with Crippen LogP contribution >= 0.6 is 0 Å². The SMILES string of the molecule is Cc1cc(C)cc(N2C(=O)c3ccccc3N[C@H]2c2ccc(OCc3ccccc3)cc2)c1. The zero-order valence-corrected chi connectivity index (χ0v) is 18.8. The minimum Gasteiger partial charge on any atom is -0.489 e. The van der Waals surface area contributed by atoms with Crippen molar-refractivity contribution >= 4 is 17.3 Å². The lowest BCUT2D eigenvalue weighted by atomic mass is 10.0. The van der Waals surface area contributed by atoms with Gasteiger partial charge in [0.05, 0.1) is 5.56 Å². The second-order valence-corrected chi connectivity index (χ2v) is 8.46. The summed E-state index contributed by atoms with van der Waals surface area (Å²) in [5.74, 6) is 0.784. The Balaban J connectivity index is 1.47. The number of carbonyl (C=O) groups is 1. The Bertz CT molecular complexity index is 1260. The van der Waals surface area contributed by atoms with E-state index >= 15 is 0 Å². The van der Waals surface area contributed by atoms with E-state index in [9.17, 15) is 4.79 Å². The largest absolute Gasteiger partial charge is 0.489 e. The van der Waals surface area contributed by atoms with Crippen LogP contribution in [0.1, 0.15) is 38.8 Å². The molecule has 1 heterocycles. The van der Waals surface area contributed by atoms with E-state index in [4.69, 9.17) is 4.74 Å². The van der Waals surface area contributed by atoms with Crippen LogP contribution < -0.4 is 15.0 Å². The van der Waals surface area contributed by atoms with Crippen molar-refractivity contribution in [1.82, 2.24) is 0 Å². The van der Waals surface area contributed by atoms with Gasteiger partial charge in [-0.05, 0) is 72.5 Å². The summed E-state index contributed by atoms with van der Waals surface area (Å²) in [5.41, 5.74) is 6.77. The van der Waals surface area contributed by atoms with E-state index in [1.165, 1.54) is 0 Å². The van der Waals surface area contributed by atoms with E-state index < -0.39 is 0 Å². The summed E-state index contributed by atoms with van der Waals surface area (Å²) in [6.45, 7) is 4.63. The average molecular weight is 435 g/mol. The smallest absolute Gasteiger partial charge is 0.262 e. The number of rotatable bonds is 5. The molecule has 4 heteroatoms. The number of hydrogen-bond donors (Lipinski definition) is 1. The molecule has 164 valence electrons. The molecule has 33 heavy (non-hydrogen) atoms. The Kier molecular flexibility index (Phi) is 5.57. The first-order valence-electron chi connectivity index (χ1n) is 11.1. The Morgan fingerprint density at radius 2 is 1.48 bits per heavy atom. The van der Waals surface area contributed by atoms with Crippen molar-refractivity contribution in [1.29, 1.82) is 0 Å². The highest BCUT2D eigenvalue weighted by atomic mass is 16.5. The van der Waals surface area contributed by atoms with Crippen molar-refractivity contribution < 1.29 is 9.53 Å². The second-order valence-electron chi connectivity index (χ2n) is 8.46. The van der Waals surface area contributed by atoms with Gasteiger partial charge in [0.2, 0.25) is 0 Å². The monoisotopic (exact) mass is 434 g/mol. The van der Waals surface area contributed by atoms with Crippen LogP contribution in [0.2, 0.25) is 0 Å². The van der Waals surface area contributed by atoms with Crippen LogP contribution in [0.5, 0.6) is 5.75 Å². The number of carbonyl (C=O) groups excluding carboxylic acids is 1. The number of nitrogens with zero attached hydrogens (tertiary/aromatic N) is 1. The van der Waals surface area contributed by atoms with Crippen molar-refractivity contribution in [2.45, 2.75) is 26.6 Å². The molecule has 1 aliphatic rings. The van der Waals surface area contributed by atoms with E-state index in [1.807, 2.05) is 83.8 Å². The fourth-order valence-electron chi connectivity index (χ4n) is 4.33. The first kappa shape index (κ1) is 20.8. The van der Waals surface area contributed by atoms with Gasteiger partial charge in [0.25, 0.3) is 5.91 Å². The van der Waals surface area contributed by atoms with Crippen LogP contribution in [0, 0.1) is 13.8 Å². The van der Waals surface area contributed by atoms with Gasteiger partial charge in [-0.25, -0.2) is 0 Å². The predicted octanol–water partition coefficient (Wildman–Crippen LogP) is 6.65. The highest BCUT2D eigenvalue weighted by Gasteiger charge is 2.34. The van der Waals surface area contributed by atoms with E-state index in [0.29, 0.717) is 12.2 Å². The number of aryl methyl sites for hydroxylation is 2. The quantitative estimate of drug-likeness (QED) is 0.382. The van der Waals surface area contributed by atoms with Crippen molar-refractivity contribution in [3.63, 3.8) is 0 Å². The summed E-state index contributed by atoms with van der Waals surface area (Å²) >= 11 is 0. The maximum atomic E-state index is 13.6. The molecule has 5 rings (SSSR count). The fraction of sp³-hybridized carbons (Fsp3) is 0.138. The van der Waals surface area contributed by atoms with Crippen molar-refractivity contribution in [3.8, 4) is 5.75 Å². The Labute approximate surface area is 194 Å². The molecule has 1 atom stereocenters. The Morgan fingerprint density at radius 1 is 0.818 bits per heavy atom. The van der Waals surface area contributed by atoms with Gasteiger partial charge in [-0.2, -0.15) is 0 Å². The van der Waals surface area contributed by atoms with Crippen molar-refractivity contribution in [2.75, 3.05) is 10.2 Å². The highest BCUT2D eigenvalue weighted by Crippen LogP contribution is 2.37. The summed E-state index contributed by atoms with van der Waals surface area (Å²) in [5, 5.41) is 3.57. The second kappa shape index (κ2) is 8.83. The van der Waals surface area contributed by atoms with E-state index in [1.54, 1.807) is 0 Å². The minimum absolute atomic E-state index is 0.0104. The first-order valence-corrected chi connectivity index (χ1v) is 11.1. The Hall–Kier alpha value is -4.05. The lowest BCUT2D eigenvalue weighted by Crippen LogP contribution is -2.43. The third-order valence-corrected chi connectivity index (χ3v) is 5.86. The molecular weight excluding hydrogens is 408 g/mol. The fourth-order valence-corrected chi connectivity index (χ4v) is 4.33. The first-order chi connectivity index (χ1) is 16.1. The van der Waals surface area contributed by atoms with Crippen LogP contribution in [0.3, 0.4) is 0 Å². The minimum atomic E-state index is -0.322. The maximum Gasteiger partial charge on any atom is 0.262 e. The van der Waals surface area contributed by atoms with Crippen LogP contribution in [0.4, 0.5) is 11.4 Å². The van der Waals surface area contributed by atoms with E-state index in [0.717, 1.165) is 39.4 Å². The molecule has 1 N–H and O–H groups in total. The highest BCUT2D eigenvalue weighted by molar-refractivity contribution is 6.12. The molecule has 0 saturated carbocycles. The van der Waals surface area contributed by atoms with Crippen LogP contribution in [0.15, 0.2) is 97.1 Å². The molecule has 0 radical (unpaired) electrons. The zero-order chi connectivity index (χ0) is 22.8. The van der Waals surface area contributed by atoms with E-state index in [-0.39, 0.29) is 12.1 Å². The van der Waals surface area contributed by atoms with Crippen molar-refractivity contribution in [3.05, 3.63) is 125 Å². The molecule has 4 aromatic rings. The molecule has 4 aromatic carbocycles. The van der Waals surface area contributed by atoms with Crippen LogP contribution in [0.25, 0.3) is 0 Å². The third kappa shape index (κ3) is 4.33. The topological polar surface area (TPSA) is 41.6 Å². The molecule has 0 unspecified atom stereocenters. The average Bonchev–Trinajstić information content (AvgIpc) is 2.83. The number of nitrogens with one attached hydrogen (secondary N) is 1. The maximum absolute atomic E-state index is 13.6. The van der Waals surface area contributed by atoms with Crippen LogP contribution in [-0.4, -0.2) is 5.91 Å². The normalized spacial score (nSPS) is 15.0. The summed E-state index contributed by atoms with van der Waals surface area (Å²) in [7, 11) is 0. The van der Waals surface area contributed by atoms with Gasteiger partial charge in [0, 0.05) is 11.4 Å². The number of ether oxygens (including phenoxy) is 1. The number of para-hydroxylation sites is 1. The lowest BCUT2D eigenvalue weighted by Gasteiger charge is -2.38. The molecular formula is C29H26N2O2. The number of hydrogen-bond acceptors (Lipinski definition) is 3. The molecule has 0 spiro atoms. The molecule has 0 aliphatic carbocycles. The number of fused-ring (bicyclic) bond motifs is 1.